The smallest absolute Gasteiger partial charge is 0.306 e. The number of benzene rings is 1. The van der Waals surface area contributed by atoms with Crippen LogP contribution in [0.4, 0.5) is 8.78 Å². The van der Waals surface area contributed by atoms with Gasteiger partial charge in [-0.15, -0.1) is 0 Å². The van der Waals surface area contributed by atoms with Gasteiger partial charge in [0.25, 0.3) is 5.92 Å². The number of allylic oxidation sites excluding steroid dienone is 3. The molecule has 44 heavy (non-hydrogen) atoms. The van der Waals surface area contributed by atoms with Crippen LogP contribution in [0.15, 0.2) is 66.8 Å². The number of ketones is 1. The minimum Gasteiger partial charge on any atom is -0.463 e. The van der Waals surface area contributed by atoms with Gasteiger partial charge in [-0.25, -0.2) is 0 Å². The highest BCUT2D eigenvalue weighted by molar-refractivity contribution is 6.74. The van der Waals surface area contributed by atoms with Crippen LogP contribution in [0.2, 0.25) is 18.1 Å². The van der Waals surface area contributed by atoms with Crippen molar-refractivity contribution in [2.45, 2.75) is 129 Å². The van der Waals surface area contributed by atoms with E-state index in [1.54, 1.807) is 6.08 Å². The molecule has 2 unspecified atom stereocenters. The van der Waals surface area contributed by atoms with Crippen LogP contribution in [-0.2, 0) is 30.1 Å². The van der Waals surface area contributed by atoms with E-state index >= 15 is 8.78 Å². The number of rotatable bonds is 17. The van der Waals surface area contributed by atoms with Gasteiger partial charge in [0.1, 0.15) is 11.9 Å². The van der Waals surface area contributed by atoms with Crippen molar-refractivity contribution in [3.8, 4) is 0 Å². The Hall–Kier alpha value is -2.42. The maximum absolute atomic E-state index is 15.4. The first-order valence-corrected chi connectivity index (χ1v) is 18.9. The van der Waals surface area contributed by atoms with Crippen LogP contribution in [0, 0.1) is 11.8 Å². The Bertz CT molecular complexity index is 1120. The normalized spacial score (nSPS) is 20.9. The van der Waals surface area contributed by atoms with Gasteiger partial charge in [-0.3, -0.25) is 9.59 Å². The fraction of sp³-hybridized carbons (Fsp3) is 0.611. The van der Waals surface area contributed by atoms with Gasteiger partial charge in [-0.05, 0) is 69.3 Å². The number of halogens is 2. The molecule has 5 nitrogen and oxygen atoms in total. The fourth-order valence-electron chi connectivity index (χ4n) is 4.88. The quantitative estimate of drug-likeness (QED) is 0.0741. The van der Waals surface area contributed by atoms with Crippen molar-refractivity contribution in [1.82, 2.24) is 0 Å². The standard InChI is InChI=1S/C36H54F2O5Si/c1-9-10-24-36(37,38)33(41-26-28-18-14-13-15-19-28)23-22-30-29(20-16-11-12-17-21-34(40)42-27(2)3)31(39)25-32(30)43-44(7,8)35(4,5)6/h10-11,13-16,18-19,22-24,27,29-30,32-33H,9,12,17,20-21,25-26H2,1-8H3/b16-11-,23-22+,24-10+/t29-,30-,32?,33?/m1/s1. The molecule has 0 amide bonds. The first kappa shape index (κ1) is 37.8. The minimum atomic E-state index is -3.23. The molecule has 1 aromatic carbocycles. The fourth-order valence-corrected chi connectivity index (χ4v) is 6.23. The van der Waals surface area contributed by atoms with Crippen molar-refractivity contribution >= 4 is 20.1 Å². The zero-order valence-electron chi connectivity index (χ0n) is 28.0. The van der Waals surface area contributed by atoms with Crippen LogP contribution < -0.4 is 0 Å². The predicted octanol–water partition coefficient (Wildman–Crippen LogP) is 9.39. The molecule has 1 aliphatic carbocycles. The van der Waals surface area contributed by atoms with E-state index in [0.717, 1.165) is 11.6 Å². The number of hydrogen-bond donors (Lipinski definition) is 0. The van der Waals surface area contributed by atoms with E-state index in [2.05, 4.69) is 33.9 Å². The van der Waals surface area contributed by atoms with E-state index in [0.29, 0.717) is 32.1 Å². The van der Waals surface area contributed by atoms with Crippen molar-refractivity contribution in [2.75, 3.05) is 0 Å². The molecule has 0 saturated heterocycles. The summed E-state index contributed by atoms with van der Waals surface area (Å²) in [5.41, 5.74) is 0.803. The molecule has 1 aliphatic rings. The zero-order valence-corrected chi connectivity index (χ0v) is 29.0. The Labute approximate surface area is 265 Å². The van der Waals surface area contributed by atoms with Gasteiger partial charge in [0.15, 0.2) is 8.32 Å². The summed E-state index contributed by atoms with van der Waals surface area (Å²) in [6.07, 6.45) is 10.3. The molecule has 0 radical (unpaired) electrons. The van der Waals surface area contributed by atoms with Crippen molar-refractivity contribution < 1.29 is 32.3 Å². The SMILES string of the molecule is CC/C=C/C(F)(F)C(/C=C/[C@H]1C(O[Si](C)(C)C(C)(C)C)CC(=O)[C@@H]1C/C=C\CCCC(=O)OC(C)C)OCc1ccccc1. The monoisotopic (exact) mass is 632 g/mol. The summed E-state index contributed by atoms with van der Waals surface area (Å²) in [5, 5.41) is -0.0711. The summed E-state index contributed by atoms with van der Waals surface area (Å²) in [7, 11) is -2.25. The third-order valence-electron chi connectivity index (χ3n) is 8.37. The molecule has 0 spiro atoms. The second kappa shape index (κ2) is 17.3. The Morgan fingerprint density at radius 2 is 1.77 bits per heavy atom. The number of Topliss-reactive ketones (excluding diaryl/α,β-unsaturated/α-hetero) is 1. The number of carbonyl (C=O) groups excluding carboxylic acids is 2. The molecule has 0 aliphatic heterocycles. The van der Waals surface area contributed by atoms with Crippen LogP contribution in [0.1, 0.15) is 85.6 Å². The van der Waals surface area contributed by atoms with Crippen molar-refractivity contribution in [3.05, 3.63) is 72.4 Å². The first-order valence-electron chi connectivity index (χ1n) is 16.0. The van der Waals surface area contributed by atoms with Gasteiger partial charge < -0.3 is 13.9 Å². The van der Waals surface area contributed by atoms with Crippen molar-refractivity contribution in [3.63, 3.8) is 0 Å². The van der Waals surface area contributed by atoms with Gasteiger partial charge in [0.05, 0.1) is 18.8 Å². The van der Waals surface area contributed by atoms with E-state index in [1.807, 2.05) is 63.3 Å². The van der Waals surface area contributed by atoms with Crippen LogP contribution in [0.3, 0.4) is 0 Å². The zero-order chi connectivity index (χ0) is 33.0. The lowest BCUT2D eigenvalue weighted by Gasteiger charge is -2.39. The molecule has 0 bridgehead atoms. The molecule has 8 heteroatoms. The Kier molecular flexibility index (Phi) is 14.9. The first-order chi connectivity index (χ1) is 20.6. The van der Waals surface area contributed by atoms with Gasteiger partial charge >= 0.3 is 5.97 Å². The molecule has 0 N–H and O–H groups in total. The van der Waals surface area contributed by atoms with E-state index in [4.69, 9.17) is 13.9 Å². The van der Waals surface area contributed by atoms with Gasteiger partial charge in [0.2, 0.25) is 0 Å². The number of unbranched alkanes of at least 4 members (excludes halogenated alkanes) is 1. The molecule has 1 saturated carbocycles. The molecule has 2 rings (SSSR count). The van der Waals surface area contributed by atoms with Crippen molar-refractivity contribution in [2.24, 2.45) is 11.8 Å². The largest absolute Gasteiger partial charge is 0.463 e. The van der Waals surface area contributed by atoms with E-state index in [9.17, 15) is 9.59 Å². The molecular formula is C36H54F2O5Si. The summed E-state index contributed by atoms with van der Waals surface area (Å²) in [5.74, 6) is -4.13. The molecule has 4 atom stereocenters. The molecule has 0 heterocycles. The lowest BCUT2D eigenvalue weighted by Crippen LogP contribution is -2.45. The number of carbonyl (C=O) groups is 2. The average molecular weight is 633 g/mol. The molecule has 1 fully saturated rings. The number of hydrogen-bond acceptors (Lipinski definition) is 5. The Morgan fingerprint density at radius 1 is 1.09 bits per heavy atom. The lowest BCUT2D eigenvalue weighted by molar-refractivity contribution is -0.147. The highest BCUT2D eigenvalue weighted by Gasteiger charge is 2.47. The molecular weight excluding hydrogens is 578 g/mol. The van der Waals surface area contributed by atoms with Gasteiger partial charge in [-0.2, -0.15) is 8.78 Å². The van der Waals surface area contributed by atoms with Gasteiger partial charge in [-0.1, -0.05) is 88.4 Å². The summed E-state index contributed by atoms with van der Waals surface area (Å²) in [6.45, 7) is 16.2. The Balaban J connectivity index is 2.29. The number of alkyl halides is 2. The van der Waals surface area contributed by atoms with E-state index in [-0.39, 0.29) is 41.8 Å². The van der Waals surface area contributed by atoms with E-state index < -0.39 is 32.4 Å². The second-order valence-electron chi connectivity index (χ2n) is 13.5. The molecule has 1 aromatic rings. The average Bonchev–Trinajstić information content (AvgIpc) is 3.21. The lowest BCUT2D eigenvalue weighted by atomic mass is 9.90. The van der Waals surface area contributed by atoms with Crippen LogP contribution in [0.5, 0.6) is 0 Å². The summed E-state index contributed by atoms with van der Waals surface area (Å²) >= 11 is 0. The van der Waals surface area contributed by atoms with Crippen LogP contribution in [-0.4, -0.2) is 44.3 Å². The minimum absolute atomic E-state index is 0.0375. The second-order valence-corrected chi connectivity index (χ2v) is 18.3. The maximum atomic E-state index is 15.4. The highest BCUT2D eigenvalue weighted by Crippen LogP contribution is 2.43. The number of esters is 1. The summed E-state index contributed by atoms with van der Waals surface area (Å²) in [4.78, 5) is 25.2. The maximum Gasteiger partial charge on any atom is 0.306 e. The van der Waals surface area contributed by atoms with Gasteiger partial charge in [0, 0.05) is 24.7 Å². The van der Waals surface area contributed by atoms with Crippen LogP contribution in [0.25, 0.3) is 0 Å². The predicted molar refractivity (Wildman–Crippen MR) is 176 cm³/mol. The van der Waals surface area contributed by atoms with Crippen molar-refractivity contribution in [1.29, 1.82) is 0 Å². The van der Waals surface area contributed by atoms with Crippen LogP contribution >= 0.6 is 0 Å². The Morgan fingerprint density at radius 3 is 2.39 bits per heavy atom. The summed E-state index contributed by atoms with van der Waals surface area (Å²) in [6, 6.07) is 9.25. The molecule has 246 valence electrons. The third kappa shape index (κ3) is 12.2. The summed E-state index contributed by atoms with van der Waals surface area (Å²) < 4.78 is 48.5. The third-order valence-corrected chi connectivity index (χ3v) is 12.9. The highest BCUT2D eigenvalue weighted by atomic mass is 28.4. The number of ether oxygens (including phenoxy) is 2. The topological polar surface area (TPSA) is 61.8 Å². The molecule has 0 aromatic heterocycles. The van der Waals surface area contributed by atoms with E-state index in [1.165, 1.54) is 12.2 Å².